The maximum absolute atomic E-state index is 13.0. The quantitative estimate of drug-likeness (QED) is 0.872. The van der Waals surface area contributed by atoms with Gasteiger partial charge in [0.05, 0.1) is 11.9 Å². The second-order valence-corrected chi connectivity index (χ2v) is 4.53. The standard InChI is InChI=1S/C14H14F3N3/c1-20(2)13-4-3-10(8-19-13)18-7-9-5-11(15)14(17)12(16)6-9/h3-6,8,18H,7H2,1-2H3. The molecule has 6 heteroatoms. The molecule has 0 spiro atoms. The number of nitrogens with one attached hydrogen (secondary N) is 1. The first-order chi connectivity index (χ1) is 9.47. The Kier molecular flexibility index (Phi) is 4.12. The van der Waals surface area contributed by atoms with Crippen LogP contribution in [0.3, 0.4) is 0 Å². The molecule has 20 heavy (non-hydrogen) atoms. The zero-order chi connectivity index (χ0) is 14.7. The maximum atomic E-state index is 13.0. The first kappa shape index (κ1) is 14.2. The summed E-state index contributed by atoms with van der Waals surface area (Å²) in [5.74, 6) is -3.04. The summed E-state index contributed by atoms with van der Waals surface area (Å²) in [4.78, 5) is 6.05. The monoisotopic (exact) mass is 281 g/mol. The molecule has 0 saturated heterocycles. The largest absolute Gasteiger partial charge is 0.380 e. The van der Waals surface area contributed by atoms with Crippen molar-refractivity contribution in [3.8, 4) is 0 Å². The molecule has 3 nitrogen and oxygen atoms in total. The van der Waals surface area contributed by atoms with E-state index in [0.717, 1.165) is 18.0 Å². The summed E-state index contributed by atoms with van der Waals surface area (Å²) in [5, 5.41) is 2.96. The Bertz CT molecular complexity index is 574. The summed E-state index contributed by atoms with van der Waals surface area (Å²) in [7, 11) is 3.75. The number of pyridine rings is 1. The minimum absolute atomic E-state index is 0.178. The SMILES string of the molecule is CN(C)c1ccc(NCc2cc(F)c(F)c(F)c2)cn1. The maximum Gasteiger partial charge on any atom is 0.194 e. The Labute approximate surface area is 115 Å². The minimum atomic E-state index is -1.45. The highest BCUT2D eigenvalue weighted by Gasteiger charge is 2.10. The molecule has 0 fully saturated rings. The number of halogens is 3. The van der Waals surface area contributed by atoms with E-state index in [4.69, 9.17) is 0 Å². The second kappa shape index (κ2) is 5.81. The normalized spacial score (nSPS) is 10.4. The van der Waals surface area contributed by atoms with E-state index in [1.807, 2.05) is 25.1 Å². The molecule has 1 aromatic heterocycles. The van der Waals surface area contributed by atoms with Crippen molar-refractivity contribution < 1.29 is 13.2 Å². The molecule has 0 aliphatic heterocycles. The van der Waals surface area contributed by atoms with Crippen molar-refractivity contribution in [1.29, 1.82) is 0 Å². The molecule has 0 bridgehead atoms. The van der Waals surface area contributed by atoms with Crippen LogP contribution in [0.15, 0.2) is 30.5 Å². The van der Waals surface area contributed by atoms with Crippen LogP contribution in [0.2, 0.25) is 0 Å². The molecule has 0 unspecified atom stereocenters. The molecule has 0 aliphatic carbocycles. The average molecular weight is 281 g/mol. The van der Waals surface area contributed by atoms with Crippen LogP contribution in [-0.4, -0.2) is 19.1 Å². The first-order valence-corrected chi connectivity index (χ1v) is 5.98. The number of hydrogen-bond donors (Lipinski definition) is 1. The van der Waals surface area contributed by atoms with Gasteiger partial charge in [0.25, 0.3) is 0 Å². The van der Waals surface area contributed by atoms with Gasteiger partial charge < -0.3 is 10.2 Å². The molecule has 0 aliphatic rings. The predicted molar refractivity (Wildman–Crippen MR) is 72.2 cm³/mol. The van der Waals surface area contributed by atoms with Gasteiger partial charge in [-0.3, -0.25) is 0 Å². The van der Waals surface area contributed by atoms with Gasteiger partial charge in [0, 0.05) is 20.6 Å². The van der Waals surface area contributed by atoms with Gasteiger partial charge in [0.2, 0.25) is 0 Å². The van der Waals surface area contributed by atoms with Crippen molar-refractivity contribution in [2.45, 2.75) is 6.54 Å². The highest BCUT2D eigenvalue weighted by atomic mass is 19.2. The summed E-state index contributed by atoms with van der Waals surface area (Å²) in [5.41, 5.74) is 1.03. The van der Waals surface area contributed by atoms with Crippen molar-refractivity contribution in [1.82, 2.24) is 4.98 Å². The van der Waals surface area contributed by atoms with Gasteiger partial charge in [-0.05, 0) is 29.8 Å². The third-order valence-electron chi connectivity index (χ3n) is 2.75. The Morgan fingerprint density at radius 2 is 1.75 bits per heavy atom. The van der Waals surface area contributed by atoms with Gasteiger partial charge in [-0.1, -0.05) is 0 Å². The van der Waals surface area contributed by atoms with Gasteiger partial charge >= 0.3 is 0 Å². The Hall–Kier alpha value is -2.24. The van der Waals surface area contributed by atoms with Crippen LogP contribution in [0.4, 0.5) is 24.7 Å². The number of aromatic nitrogens is 1. The fraction of sp³-hybridized carbons (Fsp3) is 0.214. The van der Waals surface area contributed by atoms with Crippen LogP contribution in [0.5, 0.6) is 0 Å². The van der Waals surface area contributed by atoms with E-state index < -0.39 is 17.5 Å². The lowest BCUT2D eigenvalue weighted by Crippen LogP contribution is -2.10. The number of benzene rings is 1. The lowest BCUT2D eigenvalue weighted by atomic mass is 10.2. The molecule has 106 valence electrons. The Balaban J connectivity index is 2.05. The minimum Gasteiger partial charge on any atom is -0.380 e. The second-order valence-electron chi connectivity index (χ2n) is 4.53. The van der Waals surface area contributed by atoms with Crippen molar-refractivity contribution in [3.63, 3.8) is 0 Å². The number of anilines is 2. The number of hydrogen-bond acceptors (Lipinski definition) is 3. The summed E-state index contributed by atoms with van der Waals surface area (Å²) < 4.78 is 38.9. The molecule has 0 atom stereocenters. The molecule has 0 saturated carbocycles. The zero-order valence-electron chi connectivity index (χ0n) is 11.1. The predicted octanol–water partition coefficient (Wildman–Crippen LogP) is 3.18. The summed E-state index contributed by atoms with van der Waals surface area (Å²) in [6.45, 7) is 0.178. The van der Waals surface area contributed by atoms with E-state index in [1.54, 1.807) is 12.3 Å². The molecular formula is C14H14F3N3. The van der Waals surface area contributed by atoms with Crippen molar-refractivity contribution >= 4 is 11.5 Å². The topological polar surface area (TPSA) is 28.2 Å². The van der Waals surface area contributed by atoms with Gasteiger partial charge in [0.1, 0.15) is 5.82 Å². The molecule has 2 rings (SSSR count). The first-order valence-electron chi connectivity index (χ1n) is 5.98. The van der Waals surface area contributed by atoms with Crippen LogP contribution in [0, 0.1) is 17.5 Å². The third-order valence-corrected chi connectivity index (χ3v) is 2.75. The smallest absolute Gasteiger partial charge is 0.194 e. The lowest BCUT2D eigenvalue weighted by molar-refractivity contribution is 0.445. The molecule has 2 aromatic rings. The van der Waals surface area contributed by atoms with Crippen LogP contribution < -0.4 is 10.2 Å². The zero-order valence-corrected chi connectivity index (χ0v) is 11.1. The van der Waals surface area contributed by atoms with Crippen molar-refractivity contribution in [3.05, 3.63) is 53.5 Å². The van der Waals surface area contributed by atoms with Crippen molar-refractivity contribution in [2.24, 2.45) is 0 Å². The van der Waals surface area contributed by atoms with E-state index in [1.165, 1.54) is 0 Å². The highest BCUT2D eigenvalue weighted by Crippen LogP contribution is 2.16. The summed E-state index contributed by atoms with van der Waals surface area (Å²) in [6.07, 6.45) is 1.62. The number of nitrogens with zero attached hydrogens (tertiary/aromatic N) is 2. The van der Waals surface area contributed by atoms with Crippen LogP contribution in [0.1, 0.15) is 5.56 Å². The third kappa shape index (κ3) is 3.20. The Morgan fingerprint density at radius 3 is 2.25 bits per heavy atom. The van der Waals surface area contributed by atoms with Crippen LogP contribution >= 0.6 is 0 Å². The van der Waals surface area contributed by atoms with Gasteiger partial charge in [-0.2, -0.15) is 0 Å². The van der Waals surface area contributed by atoms with Crippen LogP contribution in [0.25, 0.3) is 0 Å². The van der Waals surface area contributed by atoms with Gasteiger partial charge in [0.15, 0.2) is 17.5 Å². The van der Waals surface area contributed by atoms with Crippen molar-refractivity contribution in [2.75, 3.05) is 24.3 Å². The average Bonchev–Trinajstić information content (AvgIpc) is 2.42. The lowest BCUT2D eigenvalue weighted by Gasteiger charge is -2.12. The molecule has 1 aromatic carbocycles. The fourth-order valence-electron chi connectivity index (χ4n) is 1.67. The Morgan fingerprint density at radius 1 is 1.10 bits per heavy atom. The van der Waals surface area contributed by atoms with E-state index >= 15 is 0 Å². The van der Waals surface area contributed by atoms with E-state index in [0.29, 0.717) is 11.3 Å². The van der Waals surface area contributed by atoms with Gasteiger partial charge in [-0.15, -0.1) is 0 Å². The molecular weight excluding hydrogens is 267 g/mol. The summed E-state index contributed by atoms with van der Waals surface area (Å²) in [6, 6.07) is 5.55. The van der Waals surface area contributed by atoms with E-state index in [9.17, 15) is 13.2 Å². The molecule has 0 amide bonds. The molecule has 1 heterocycles. The van der Waals surface area contributed by atoms with Crippen LogP contribution in [-0.2, 0) is 6.54 Å². The molecule has 0 radical (unpaired) electrons. The highest BCUT2D eigenvalue weighted by molar-refractivity contribution is 5.48. The van der Waals surface area contributed by atoms with E-state index in [2.05, 4.69) is 10.3 Å². The summed E-state index contributed by atoms with van der Waals surface area (Å²) >= 11 is 0. The van der Waals surface area contributed by atoms with E-state index in [-0.39, 0.29) is 6.54 Å². The number of rotatable bonds is 4. The molecule has 1 N–H and O–H groups in total. The van der Waals surface area contributed by atoms with Gasteiger partial charge in [-0.25, -0.2) is 18.2 Å². The fourth-order valence-corrected chi connectivity index (χ4v) is 1.67.